The van der Waals surface area contributed by atoms with Gasteiger partial charge in [-0.2, -0.15) is 0 Å². The van der Waals surface area contributed by atoms with Crippen LogP contribution in [-0.4, -0.2) is 41.5 Å². The Hall–Kier alpha value is -1.13. The van der Waals surface area contributed by atoms with E-state index < -0.39 is 18.3 Å². The molecule has 2 fully saturated rings. The van der Waals surface area contributed by atoms with Crippen LogP contribution in [0, 0.1) is 0 Å². The Morgan fingerprint density at radius 3 is 2.61 bits per heavy atom. The van der Waals surface area contributed by atoms with Crippen LogP contribution in [0.2, 0.25) is 0 Å². The summed E-state index contributed by atoms with van der Waals surface area (Å²) in [6, 6.07) is -0.421. The lowest BCUT2D eigenvalue weighted by molar-refractivity contribution is -0.155. The first-order valence-corrected chi connectivity index (χ1v) is 6.83. The van der Waals surface area contributed by atoms with Crippen LogP contribution in [0.3, 0.4) is 0 Å². The zero-order chi connectivity index (χ0) is 13.2. The van der Waals surface area contributed by atoms with Crippen molar-refractivity contribution in [3.8, 4) is 0 Å². The van der Waals surface area contributed by atoms with Gasteiger partial charge in [-0.3, -0.25) is 14.0 Å². The number of hydrogen-bond acceptors (Lipinski definition) is 2. The normalized spacial score (nSPS) is 26.8. The van der Waals surface area contributed by atoms with Crippen LogP contribution in [0.15, 0.2) is 0 Å². The fraction of sp³-hybridized carbons (Fsp3) is 0.846. The van der Waals surface area contributed by atoms with E-state index in [0.29, 0.717) is 19.4 Å². The van der Waals surface area contributed by atoms with Gasteiger partial charge < -0.3 is 10.2 Å². The van der Waals surface area contributed by atoms with Crippen molar-refractivity contribution in [1.82, 2.24) is 10.2 Å². The van der Waals surface area contributed by atoms with E-state index in [0.717, 1.165) is 25.7 Å². The quantitative estimate of drug-likeness (QED) is 0.826. The van der Waals surface area contributed by atoms with Gasteiger partial charge in [0.1, 0.15) is 11.6 Å². The van der Waals surface area contributed by atoms with Gasteiger partial charge in [-0.1, -0.05) is 19.8 Å². The number of piperazine rings is 1. The van der Waals surface area contributed by atoms with Crippen LogP contribution < -0.4 is 5.32 Å². The Labute approximate surface area is 107 Å². The van der Waals surface area contributed by atoms with E-state index in [1.165, 1.54) is 0 Å². The van der Waals surface area contributed by atoms with E-state index >= 15 is 0 Å². The Bertz CT molecular complexity index is 340. The third kappa shape index (κ3) is 2.10. The standard InChI is InChI=1S/C13H21FN2O2/c1-2-10-11(17)15-13(6-3-4-7-13)12(18)16(10)9-5-8-14/h10H,2-9H2,1H3,(H,15,17). The molecular formula is C13H21FN2O2. The second kappa shape index (κ2) is 5.24. The first kappa shape index (κ1) is 13.3. The lowest BCUT2D eigenvalue weighted by Gasteiger charge is -2.44. The zero-order valence-corrected chi connectivity index (χ0v) is 10.9. The van der Waals surface area contributed by atoms with Gasteiger partial charge in [0, 0.05) is 6.54 Å². The maximum atomic E-state index is 12.6. The molecule has 0 aromatic heterocycles. The third-order valence-corrected chi connectivity index (χ3v) is 4.09. The number of amides is 2. The molecule has 0 bridgehead atoms. The Morgan fingerprint density at radius 2 is 2.06 bits per heavy atom. The van der Waals surface area contributed by atoms with Crippen molar-refractivity contribution < 1.29 is 14.0 Å². The van der Waals surface area contributed by atoms with Gasteiger partial charge in [0.2, 0.25) is 11.8 Å². The number of carbonyl (C=O) groups excluding carboxylic acids is 2. The Kier molecular flexibility index (Phi) is 3.88. The first-order chi connectivity index (χ1) is 8.64. The summed E-state index contributed by atoms with van der Waals surface area (Å²) in [5, 5.41) is 2.93. The lowest BCUT2D eigenvalue weighted by Crippen LogP contribution is -2.69. The van der Waals surface area contributed by atoms with Crippen LogP contribution in [-0.2, 0) is 9.59 Å². The van der Waals surface area contributed by atoms with E-state index in [1.807, 2.05) is 6.92 Å². The van der Waals surface area contributed by atoms with Gasteiger partial charge >= 0.3 is 0 Å². The molecular weight excluding hydrogens is 235 g/mol. The molecule has 1 saturated carbocycles. The van der Waals surface area contributed by atoms with Crippen LogP contribution in [0.5, 0.6) is 0 Å². The lowest BCUT2D eigenvalue weighted by atomic mass is 9.90. The summed E-state index contributed by atoms with van der Waals surface area (Å²) in [4.78, 5) is 26.3. The average molecular weight is 256 g/mol. The molecule has 2 rings (SSSR count). The molecule has 1 heterocycles. The molecule has 2 amide bonds. The fourth-order valence-corrected chi connectivity index (χ4v) is 3.14. The third-order valence-electron chi connectivity index (χ3n) is 4.09. The summed E-state index contributed by atoms with van der Waals surface area (Å²) in [5.74, 6) is -0.0715. The zero-order valence-electron chi connectivity index (χ0n) is 10.9. The number of nitrogens with zero attached hydrogens (tertiary/aromatic N) is 1. The number of carbonyl (C=O) groups is 2. The van der Waals surface area contributed by atoms with Crippen LogP contribution >= 0.6 is 0 Å². The highest BCUT2D eigenvalue weighted by Crippen LogP contribution is 2.35. The molecule has 1 saturated heterocycles. The molecule has 0 aromatic carbocycles. The first-order valence-electron chi connectivity index (χ1n) is 6.83. The second-order valence-corrected chi connectivity index (χ2v) is 5.24. The smallest absolute Gasteiger partial charge is 0.249 e. The average Bonchev–Trinajstić information content (AvgIpc) is 2.81. The van der Waals surface area contributed by atoms with Crippen molar-refractivity contribution in [2.75, 3.05) is 13.2 Å². The number of nitrogens with one attached hydrogen (secondary N) is 1. The minimum Gasteiger partial charge on any atom is -0.340 e. The summed E-state index contributed by atoms with van der Waals surface area (Å²) < 4.78 is 12.3. The van der Waals surface area contributed by atoms with Crippen molar-refractivity contribution in [3.05, 3.63) is 0 Å². The summed E-state index contributed by atoms with van der Waals surface area (Å²) >= 11 is 0. The van der Waals surface area contributed by atoms with Crippen LogP contribution in [0.4, 0.5) is 4.39 Å². The van der Waals surface area contributed by atoms with E-state index in [4.69, 9.17) is 0 Å². The number of hydrogen-bond donors (Lipinski definition) is 1. The largest absolute Gasteiger partial charge is 0.340 e. The predicted molar refractivity (Wildman–Crippen MR) is 65.7 cm³/mol. The van der Waals surface area contributed by atoms with Crippen molar-refractivity contribution in [2.45, 2.75) is 57.0 Å². The van der Waals surface area contributed by atoms with E-state index in [2.05, 4.69) is 5.32 Å². The summed E-state index contributed by atoms with van der Waals surface area (Å²) in [6.07, 6.45) is 4.28. The molecule has 1 N–H and O–H groups in total. The maximum Gasteiger partial charge on any atom is 0.249 e. The number of halogens is 1. The summed E-state index contributed by atoms with van der Waals surface area (Å²) in [7, 11) is 0. The molecule has 0 radical (unpaired) electrons. The van der Waals surface area contributed by atoms with Gasteiger partial charge in [0.25, 0.3) is 0 Å². The number of rotatable bonds is 4. The molecule has 1 unspecified atom stereocenters. The van der Waals surface area contributed by atoms with Gasteiger partial charge in [0.05, 0.1) is 6.67 Å². The molecule has 5 heteroatoms. The molecule has 0 aromatic rings. The fourth-order valence-electron chi connectivity index (χ4n) is 3.14. The molecule has 102 valence electrons. The highest BCUT2D eigenvalue weighted by molar-refractivity contribution is 6.00. The van der Waals surface area contributed by atoms with Crippen LogP contribution in [0.1, 0.15) is 45.4 Å². The second-order valence-electron chi connectivity index (χ2n) is 5.24. The van der Waals surface area contributed by atoms with Crippen molar-refractivity contribution in [3.63, 3.8) is 0 Å². The van der Waals surface area contributed by atoms with E-state index in [1.54, 1.807) is 4.90 Å². The molecule has 2 aliphatic rings. The van der Waals surface area contributed by atoms with Gasteiger partial charge in [-0.05, 0) is 25.7 Å². The van der Waals surface area contributed by atoms with Crippen molar-refractivity contribution >= 4 is 11.8 Å². The highest BCUT2D eigenvalue weighted by atomic mass is 19.1. The van der Waals surface area contributed by atoms with Crippen molar-refractivity contribution in [2.24, 2.45) is 0 Å². The minimum atomic E-state index is -0.681. The summed E-state index contributed by atoms with van der Waals surface area (Å²) in [6.45, 7) is 1.78. The Morgan fingerprint density at radius 1 is 1.39 bits per heavy atom. The number of alkyl halides is 1. The van der Waals surface area contributed by atoms with Gasteiger partial charge in [-0.25, -0.2) is 0 Å². The SMILES string of the molecule is CCC1C(=O)NC2(CCCC2)C(=O)N1CCCF. The molecule has 1 aliphatic carbocycles. The van der Waals surface area contributed by atoms with Crippen molar-refractivity contribution in [1.29, 1.82) is 0 Å². The van der Waals surface area contributed by atoms with Crippen LogP contribution in [0.25, 0.3) is 0 Å². The molecule has 1 atom stereocenters. The molecule has 1 spiro atoms. The highest BCUT2D eigenvalue weighted by Gasteiger charge is 2.51. The summed E-state index contributed by atoms with van der Waals surface area (Å²) in [5.41, 5.74) is -0.681. The minimum absolute atomic E-state index is 0.0000926. The predicted octanol–water partition coefficient (Wildman–Crippen LogP) is 1.40. The van der Waals surface area contributed by atoms with Gasteiger partial charge in [0.15, 0.2) is 0 Å². The topological polar surface area (TPSA) is 49.4 Å². The maximum absolute atomic E-state index is 12.6. The molecule has 18 heavy (non-hydrogen) atoms. The molecule has 1 aliphatic heterocycles. The van der Waals surface area contributed by atoms with E-state index in [9.17, 15) is 14.0 Å². The molecule has 4 nitrogen and oxygen atoms in total. The van der Waals surface area contributed by atoms with Gasteiger partial charge in [-0.15, -0.1) is 0 Å². The Balaban J connectivity index is 2.20. The monoisotopic (exact) mass is 256 g/mol. The van der Waals surface area contributed by atoms with E-state index in [-0.39, 0.29) is 11.8 Å².